The van der Waals surface area contributed by atoms with Gasteiger partial charge in [-0.25, -0.2) is 0 Å². The summed E-state index contributed by atoms with van der Waals surface area (Å²) in [5.41, 5.74) is 1.17. The second-order valence-corrected chi connectivity index (χ2v) is 6.60. The van der Waals surface area contributed by atoms with Crippen molar-refractivity contribution in [1.29, 1.82) is 0 Å². The summed E-state index contributed by atoms with van der Waals surface area (Å²) in [6.45, 7) is 2.79. The van der Waals surface area contributed by atoms with E-state index in [-0.39, 0.29) is 11.9 Å². The van der Waals surface area contributed by atoms with Gasteiger partial charge in [-0.3, -0.25) is 4.79 Å². The minimum Gasteiger partial charge on any atom is -0.331 e. The molecule has 0 fully saturated rings. The Labute approximate surface area is 135 Å². The van der Waals surface area contributed by atoms with Crippen molar-refractivity contribution in [2.24, 2.45) is 0 Å². The molecule has 0 N–H and O–H groups in total. The van der Waals surface area contributed by atoms with E-state index in [4.69, 9.17) is 0 Å². The monoisotopic (exact) mass is 309 g/mol. The van der Waals surface area contributed by atoms with Crippen molar-refractivity contribution in [2.75, 3.05) is 0 Å². The second kappa shape index (κ2) is 6.84. The number of benzene rings is 2. The molecule has 0 aliphatic carbocycles. The van der Waals surface area contributed by atoms with Crippen LogP contribution in [0.5, 0.6) is 0 Å². The Kier molecular flexibility index (Phi) is 4.64. The predicted molar refractivity (Wildman–Crippen MR) is 91.5 cm³/mol. The van der Waals surface area contributed by atoms with Crippen LogP contribution in [0, 0.1) is 0 Å². The number of carbonyl (C=O) groups excluding carboxylic acids is 1. The zero-order valence-electron chi connectivity index (χ0n) is 12.6. The summed E-state index contributed by atoms with van der Waals surface area (Å²) in [7, 11) is 0. The topological polar surface area (TPSA) is 20.3 Å². The highest BCUT2D eigenvalue weighted by Crippen LogP contribution is 2.32. The molecule has 1 heterocycles. The lowest BCUT2D eigenvalue weighted by molar-refractivity contribution is -0.129. The first-order valence-electron chi connectivity index (χ1n) is 7.52. The van der Waals surface area contributed by atoms with Crippen molar-refractivity contribution in [3.05, 3.63) is 77.2 Å². The Balaban J connectivity index is 1.76. The molecule has 1 amide bonds. The smallest absolute Gasteiger partial charge is 0.260 e. The van der Waals surface area contributed by atoms with Gasteiger partial charge in [0.15, 0.2) is 0 Å². The molecular weight excluding hydrogens is 290 g/mol. The van der Waals surface area contributed by atoms with E-state index >= 15 is 0 Å². The van der Waals surface area contributed by atoms with Crippen LogP contribution in [0.15, 0.2) is 76.5 Å². The van der Waals surface area contributed by atoms with Crippen molar-refractivity contribution < 1.29 is 4.79 Å². The molecule has 3 rings (SSSR count). The summed E-state index contributed by atoms with van der Waals surface area (Å²) >= 11 is 1.56. The molecule has 3 heteroatoms. The number of thioether (sulfide) groups is 1. The van der Waals surface area contributed by atoms with Crippen LogP contribution in [0.2, 0.25) is 0 Å². The molecule has 2 aromatic rings. The molecule has 0 aromatic heterocycles. The first-order chi connectivity index (χ1) is 10.7. The zero-order chi connectivity index (χ0) is 15.4. The average molecular weight is 309 g/mol. The summed E-state index contributed by atoms with van der Waals surface area (Å²) in [5.74, 6) is 0.136. The molecule has 2 nitrogen and oxygen atoms in total. The number of hydrogen-bond donors (Lipinski definition) is 0. The van der Waals surface area contributed by atoms with Crippen LogP contribution >= 0.6 is 11.8 Å². The Hall–Kier alpha value is -2.00. The first-order valence-corrected chi connectivity index (χ1v) is 8.33. The summed E-state index contributed by atoms with van der Waals surface area (Å²) in [6.07, 6.45) is 2.99. The van der Waals surface area contributed by atoms with Crippen LogP contribution < -0.4 is 0 Å². The van der Waals surface area contributed by atoms with Gasteiger partial charge in [0.05, 0.1) is 4.91 Å². The van der Waals surface area contributed by atoms with Gasteiger partial charge in [-0.1, -0.05) is 66.4 Å². The van der Waals surface area contributed by atoms with Gasteiger partial charge in [-0.15, -0.1) is 0 Å². The van der Waals surface area contributed by atoms with Gasteiger partial charge in [-0.2, -0.15) is 0 Å². The quantitative estimate of drug-likeness (QED) is 0.829. The Bertz CT molecular complexity index is 666. The minimum absolute atomic E-state index is 0.136. The maximum absolute atomic E-state index is 12.8. The van der Waals surface area contributed by atoms with Crippen molar-refractivity contribution >= 4 is 17.7 Å². The van der Waals surface area contributed by atoms with Crippen LogP contribution in [0.3, 0.4) is 0 Å². The summed E-state index contributed by atoms with van der Waals surface area (Å²) < 4.78 is 0. The molecule has 0 saturated heterocycles. The van der Waals surface area contributed by atoms with E-state index in [1.807, 2.05) is 53.4 Å². The lowest BCUT2D eigenvalue weighted by Gasteiger charge is -2.33. The number of nitrogens with zero attached hydrogens (tertiary/aromatic N) is 1. The Morgan fingerprint density at radius 1 is 1.05 bits per heavy atom. The molecule has 1 atom stereocenters. The van der Waals surface area contributed by atoms with Crippen molar-refractivity contribution in [3.63, 3.8) is 0 Å². The van der Waals surface area contributed by atoms with E-state index in [0.717, 1.165) is 16.2 Å². The normalized spacial score (nSPS) is 18.2. The van der Waals surface area contributed by atoms with Crippen LogP contribution in [-0.4, -0.2) is 16.8 Å². The van der Waals surface area contributed by atoms with Gasteiger partial charge in [-0.05, 0) is 31.0 Å². The van der Waals surface area contributed by atoms with Gasteiger partial charge >= 0.3 is 0 Å². The highest BCUT2D eigenvalue weighted by atomic mass is 32.2. The van der Waals surface area contributed by atoms with Gasteiger partial charge < -0.3 is 4.90 Å². The minimum atomic E-state index is 0.136. The van der Waals surface area contributed by atoms with Crippen molar-refractivity contribution in [3.8, 4) is 0 Å². The number of rotatable bonds is 4. The summed E-state index contributed by atoms with van der Waals surface area (Å²) in [4.78, 5) is 16.7. The Morgan fingerprint density at radius 3 is 2.36 bits per heavy atom. The molecule has 0 spiro atoms. The summed E-state index contributed by atoms with van der Waals surface area (Å²) in [5, 5.41) is 0. The van der Waals surface area contributed by atoms with E-state index in [1.165, 1.54) is 5.56 Å². The third-order valence-electron chi connectivity index (χ3n) is 3.81. The SMILES string of the molecule is CC1CC=C(Sc2ccccc2)C(=O)N1Cc1ccccc1. The number of carbonyl (C=O) groups is 1. The van der Waals surface area contributed by atoms with Crippen LogP contribution in [-0.2, 0) is 11.3 Å². The third-order valence-corrected chi connectivity index (χ3v) is 4.88. The lowest BCUT2D eigenvalue weighted by Crippen LogP contribution is -2.40. The van der Waals surface area contributed by atoms with Crippen LogP contribution in [0.25, 0.3) is 0 Å². The highest BCUT2D eigenvalue weighted by molar-refractivity contribution is 8.04. The van der Waals surface area contributed by atoms with Gasteiger partial charge in [0.2, 0.25) is 0 Å². The molecule has 1 aliphatic rings. The van der Waals surface area contributed by atoms with Gasteiger partial charge in [0, 0.05) is 17.5 Å². The highest BCUT2D eigenvalue weighted by Gasteiger charge is 2.27. The molecule has 112 valence electrons. The maximum atomic E-state index is 12.8. The fourth-order valence-corrected chi connectivity index (χ4v) is 3.47. The third kappa shape index (κ3) is 3.42. The van der Waals surface area contributed by atoms with Crippen molar-refractivity contribution in [2.45, 2.75) is 30.8 Å². The maximum Gasteiger partial charge on any atom is 0.260 e. The molecular formula is C19H19NOS. The molecule has 0 saturated carbocycles. The van der Waals surface area contributed by atoms with Crippen molar-refractivity contribution in [1.82, 2.24) is 4.90 Å². The van der Waals surface area contributed by atoms with E-state index in [2.05, 4.69) is 25.1 Å². The predicted octanol–water partition coefficient (Wildman–Crippen LogP) is 4.48. The Morgan fingerprint density at radius 2 is 1.68 bits per heavy atom. The van der Waals surface area contributed by atoms with E-state index in [9.17, 15) is 4.79 Å². The zero-order valence-corrected chi connectivity index (χ0v) is 13.4. The van der Waals surface area contributed by atoms with Crippen LogP contribution in [0.4, 0.5) is 0 Å². The number of amides is 1. The van der Waals surface area contributed by atoms with E-state index in [0.29, 0.717) is 6.54 Å². The van der Waals surface area contributed by atoms with Gasteiger partial charge in [0.1, 0.15) is 0 Å². The average Bonchev–Trinajstić information content (AvgIpc) is 2.56. The second-order valence-electron chi connectivity index (χ2n) is 5.49. The standard InChI is InChI=1S/C19H19NOS/c1-15-12-13-18(22-17-10-6-3-7-11-17)19(21)20(15)14-16-8-4-2-5-9-16/h2-11,13,15H,12,14H2,1H3. The van der Waals surface area contributed by atoms with E-state index in [1.54, 1.807) is 11.8 Å². The fraction of sp³-hybridized carbons (Fsp3) is 0.211. The number of hydrogen-bond acceptors (Lipinski definition) is 2. The largest absolute Gasteiger partial charge is 0.331 e. The van der Waals surface area contributed by atoms with Gasteiger partial charge in [0.25, 0.3) is 5.91 Å². The summed E-state index contributed by atoms with van der Waals surface area (Å²) in [6, 6.07) is 20.5. The molecule has 0 bridgehead atoms. The molecule has 1 unspecified atom stereocenters. The molecule has 1 aliphatic heterocycles. The molecule has 2 aromatic carbocycles. The van der Waals surface area contributed by atoms with Crippen LogP contribution in [0.1, 0.15) is 18.9 Å². The first kappa shape index (κ1) is 14.9. The molecule has 22 heavy (non-hydrogen) atoms. The lowest BCUT2D eigenvalue weighted by atomic mass is 10.1. The fourth-order valence-electron chi connectivity index (χ4n) is 2.54. The molecule has 0 radical (unpaired) electrons. The van der Waals surface area contributed by atoms with E-state index < -0.39 is 0 Å².